The monoisotopic (exact) mass is 352 g/mol. The number of carbonyl (C=O) groups is 1. The number of benzene rings is 1. The highest BCUT2D eigenvalue weighted by molar-refractivity contribution is 7.15. The van der Waals surface area contributed by atoms with Crippen molar-refractivity contribution in [3.05, 3.63) is 40.4 Å². The number of nitrogens with one attached hydrogen (secondary N) is 2. The molecule has 2 N–H and O–H groups in total. The number of carbonyl (C=O) groups excluding carboxylic acids is 1. The van der Waals surface area contributed by atoms with Gasteiger partial charge in [0.05, 0.1) is 6.54 Å². The summed E-state index contributed by atoms with van der Waals surface area (Å²) < 4.78 is 0. The average molecular weight is 353 g/mol. The van der Waals surface area contributed by atoms with Crippen LogP contribution in [0.2, 0.25) is 0 Å². The molecule has 1 heterocycles. The zero-order valence-electron chi connectivity index (χ0n) is 13.0. The normalized spacial score (nSPS) is 13.4. The lowest BCUT2D eigenvalue weighted by atomic mass is 10.1. The van der Waals surface area contributed by atoms with E-state index in [9.17, 15) is 4.79 Å². The van der Waals surface area contributed by atoms with Crippen LogP contribution < -0.4 is 10.6 Å². The van der Waals surface area contributed by atoms with E-state index in [-0.39, 0.29) is 18.3 Å². The SMILES string of the molecule is Cc1ccc(Cc2nnc(NC(=O)CNCC3CC3)s2)cc1.Cl. The Morgan fingerprint density at radius 3 is 2.70 bits per heavy atom. The van der Waals surface area contributed by atoms with E-state index in [0.717, 1.165) is 23.9 Å². The van der Waals surface area contributed by atoms with Crippen molar-refractivity contribution < 1.29 is 4.79 Å². The Bertz CT molecular complexity index is 640. The zero-order chi connectivity index (χ0) is 15.4. The van der Waals surface area contributed by atoms with Gasteiger partial charge in [0.25, 0.3) is 0 Å². The summed E-state index contributed by atoms with van der Waals surface area (Å²) in [5, 5.41) is 15.6. The molecular weight excluding hydrogens is 332 g/mol. The van der Waals surface area contributed by atoms with Gasteiger partial charge in [-0.2, -0.15) is 0 Å². The standard InChI is InChI=1S/C16H20N4OS.ClH/c1-11-2-4-12(5-3-11)8-15-19-20-16(22-15)18-14(21)10-17-9-13-6-7-13;/h2-5,13,17H,6-10H2,1H3,(H,18,20,21);1H. The Morgan fingerprint density at radius 2 is 2.00 bits per heavy atom. The Kier molecular flexibility index (Phi) is 6.50. The molecule has 1 saturated carbocycles. The molecule has 1 aromatic carbocycles. The Hall–Kier alpha value is -1.50. The van der Waals surface area contributed by atoms with Gasteiger partial charge in [0.15, 0.2) is 0 Å². The number of nitrogens with zero attached hydrogens (tertiary/aromatic N) is 2. The molecule has 1 fully saturated rings. The highest BCUT2D eigenvalue weighted by Gasteiger charge is 2.20. The first kappa shape index (κ1) is 17.8. The van der Waals surface area contributed by atoms with Gasteiger partial charge < -0.3 is 5.32 Å². The maximum absolute atomic E-state index is 11.8. The van der Waals surface area contributed by atoms with Crippen LogP contribution >= 0.6 is 23.7 Å². The summed E-state index contributed by atoms with van der Waals surface area (Å²) in [7, 11) is 0. The second-order valence-electron chi connectivity index (χ2n) is 5.79. The van der Waals surface area contributed by atoms with Crippen LogP contribution in [0.25, 0.3) is 0 Å². The van der Waals surface area contributed by atoms with E-state index in [2.05, 4.69) is 52.0 Å². The van der Waals surface area contributed by atoms with Gasteiger partial charge in [0.2, 0.25) is 11.0 Å². The van der Waals surface area contributed by atoms with E-state index in [1.165, 1.54) is 35.3 Å². The number of hydrogen-bond acceptors (Lipinski definition) is 5. The maximum atomic E-state index is 11.8. The van der Waals surface area contributed by atoms with Crippen molar-refractivity contribution >= 4 is 34.8 Å². The quantitative estimate of drug-likeness (QED) is 0.804. The second kappa shape index (κ2) is 8.38. The van der Waals surface area contributed by atoms with Gasteiger partial charge in [-0.3, -0.25) is 10.1 Å². The van der Waals surface area contributed by atoms with Crippen LogP contribution in [0.15, 0.2) is 24.3 Å². The molecule has 0 saturated heterocycles. The largest absolute Gasteiger partial charge is 0.308 e. The molecule has 1 aliphatic carbocycles. The van der Waals surface area contributed by atoms with Crippen molar-refractivity contribution in [3.8, 4) is 0 Å². The number of hydrogen-bond donors (Lipinski definition) is 2. The summed E-state index contributed by atoms with van der Waals surface area (Å²) in [4.78, 5) is 11.8. The predicted octanol–water partition coefficient (Wildman–Crippen LogP) is 2.80. The summed E-state index contributed by atoms with van der Waals surface area (Å²) in [5.41, 5.74) is 2.44. The fourth-order valence-electron chi connectivity index (χ4n) is 2.13. The van der Waals surface area contributed by atoms with Gasteiger partial charge in [-0.15, -0.1) is 22.6 Å². The molecule has 3 rings (SSSR count). The van der Waals surface area contributed by atoms with Gasteiger partial charge in [-0.25, -0.2) is 0 Å². The molecule has 0 radical (unpaired) electrons. The third kappa shape index (κ3) is 5.89. The van der Waals surface area contributed by atoms with Crippen LogP contribution in [0, 0.1) is 12.8 Å². The third-order valence-electron chi connectivity index (χ3n) is 3.60. The predicted molar refractivity (Wildman–Crippen MR) is 95.4 cm³/mol. The van der Waals surface area contributed by atoms with Crippen molar-refractivity contribution in [2.75, 3.05) is 18.4 Å². The van der Waals surface area contributed by atoms with Crippen LogP contribution in [0.4, 0.5) is 5.13 Å². The maximum Gasteiger partial charge on any atom is 0.240 e. The first-order valence-corrected chi connectivity index (χ1v) is 8.39. The summed E-state index contributed by atoms with van der Waals surface area (Å²) in [6.45, 7) is 3.34. The highest BCUT2D eigenvalue weighted by Crippen LogP contribution is 2.27. The van der Waals surface area contributed by atoms with E-state index in [0.29, 0.717) is 11.7 Å². The minimum absolute atomic E-state index is 0. The molecule has 0 unspecified atom stereocenters. The topological polar surface area (TPSA) is 66.9 Å². The lowest BCUT2D eigenvalue weighted by Crippen LogP contribution is -2.29. The van der Waals surface area contributed by atoms with E-state index in [4.69, 9.17) is 0 Å². The molecule has 23 heavy (non-hydrogen) atoms. The van der Waals surface area contributed by atoms with Crippen molar-refractivity contribution in [3.63, 3.8) is 0 Å². The molecule has 0 aliphatic heterocycles. The van der Waals surface area contributed by atoms with Crippen molar-refractivity contribution in [2.45, 2.75) is 26.2 Å². The Labute approximate surface area is 146 Å². The van der Waals surface area contributed by atoms with E-state index in [1.807, 2.05) is 0 Å². The average Bonchev–Trinajstić information content (AvgIpc) is 3.22. The molecule has 0 atom stereocenters. The summed E-state index contributed by atoms with van der Waals surface area (Å²) in [6, 6.07) is 8.36. The minimum Gasteiger partial charge on any atom is -0.308 e. The lowest BCUT2D eigenvalue weighted by Gasteiger charge is -2.02. The van der Waals surface area contributed by atoms with Gasteiger partial charge in [0.1, 0.15) is 5.01 Å². The molecule has 0 bridgehead atoms. The van der Waals surface area contributed by atoms with Crippen LogP contribution in [0.3, 0.4) is 0 Å². The van der Waals surface area contributed by atoms with Crippen LogP contribution in [0.1, 0.15) is 29.0 Å². The smallest absolute Gasteiger partial charge is 0.240 e. The number of aryl methyl sites for hydroxylation is 1. The number of rotatable bonds is 7. The van der Waals surface area contributed by atoms with E-state index in [1.54, 1.807) is 0 Å². The molecule has 1 amide bonds. The molecule has 0 spiro atoms. The summed E-state index contributed by atoms with van der Waals surface area (Å²) in [5.74, 6) is 0.717. The van der Waals surface area contributed by atoms with Gasteiger partial charge in [0, 0.05) is 6.42 Å². The van der Waals surface area contributed by atoms with E-state index >= 15 is 0 Å². The summed E-state index contributed by atoms with van der Waals surface area (Å²) >= 11 is 1.43. The fourth-order valence-corrected chi connectivity index (χ4v) is 2.92. The molecule has 2 aromatic rings. The number of anilines is 1. The van der Waals surface area contributed by atoms with Crippen LogP contribution in [0.5, 0.6) is 0 Å². The van der Waals surface area contributed by atoms with Crippen LogP contribution in [-0.2, 0) is 11.2 Å². The third-order valence-corrected chi connectivity index (χ3v) is 4.44. The van der Waals surface area contributed by atoms with Gasteiger partial charge in [-0.1, -0.05) is 41.2 Å². The second-order valence-corrected chi connectivity index (χ2v) is 6.85. The number of aromatic nitrogens is 2. The molecule has 7 heteroatoms. The summed E-state index contributed by atoms with van der Waals surface area (Å²) in [6.07, 6.45) is 3.31. The van der Waals surface area contributed by atoms with Gasteiger partial charge in [-0.05, 0) is 37.8 Å². The number of halogens is 1. The molecular formula is C16H21ClN4OS. The first-order chi connectivity index (χ1) is 10.7. The Morgan fingerprint density at radius 1 is 1.26 bits per heavy atom. The Balaban J connectivity index is 0.00000192. The van der Waals surface area contributed by atoms with Crippen molar-refractivity contribution in [1.29, 1.82) is 0 Å². The number of amides is 1. The minimum atomic E-state index is -0.0568. The fraction of sp³-hybridized carbons (Fsp3) is 0.438. The molecule has 1 aromatic heterocycles. The zero-order valence-corrected chi connectivity index (χ0v) is 14.7. The molecule has 1 aliphatic rings. The lowest BCUT2D eigenvalue weighted by molar-refractivity contribution is -0.115. The van der Waals surface area contributed by atoms with Crippen molar-refractivity contribution in [1.82, 2.24) is 15.5 Å². The molecule has 124 valence electrons. The van der Waals surface area contributed by atoms with Crippen LogP contribution in [-0.4, -0.2) is 29.2 Å². The highest BCUT2D eigenvalue weighted by atomic mass is 35.5. The molecule has 5 nitrogen and oxygen atoms in total. The van der Waals surface area contributed by atoms with Gasteiger partial charge >= 0.3 is 0 Å². The van der Waals surface area contributed by atoms with E-state index < -0.39 is 0 Å². The first-order valence-electron chi connectivity index (χ1n) is 7.57. The van der Waals surface area contributed by atoms with Crippen molar-refractivity contribution in [2.24, 2.45) is 5.92 Å².